The van der Waals surface area contributed by atoms with E-state index in [0.29, 0.717) is 23.6 Å². The largest absolute Gasteiger partial charge is 0.399 e. The summed E-state index contributed by atoms with van der Waals surface area (Å²) in [6.45, 7) is 0.499. The second kappa shape index (κ2) is 5.08. The topological polar surface area (TPSA) is 69.6 Å². The fourth-order valence-corrected chi connectivity index (χ4v) is 1.94. The number of tetrazole rings is 1. The third kappa shape index (κ3) is 2.49. The van der Waals surface area contributed by atoms with Crippen LogP contribution in [-0.2, 0) is 6.54 Å². The Hall–Kier alpha value is -2.76. The highest BCUT2D eigenvalue weighted by molar-refractivity contribution is 5.54. The molecule has 0 fully saturated rings. The van der Waals surface area contributed by atoms with Gasteiger partial charge in [-0.1, -0.05) is 24.3 Å². The molecule has 3 rings (SSSR count). The molecule has 5 nitrogen and oxygen atoms in total. The van der Waals surface area contributed by atoms with Crippen LogP contribution in [-0.4, -0.2) is 20.2 Å². The number of nitrogens with two attached hydrogens (primary N) is 1. The van der Waals surface area contributed by atoms with Gasteiger partial charge in [-0.2, -0.15) is 0 Å². The quantitative estimate of drug-likeness (QED) is 0.739. The van der Waals surface area contributed by atoms with Gasteiger partial charge in [0.05, 0.1) is 6.54 Å². The highest BCUT2D eigenvalue weighted by atomic mass is 19.1. The van der Waals surface area contributed by atoms with Crippen molar-refractivity contribution >= 4 is 5.69 Å². The third-order valence-electron chi connectivity index (χ3n) is 2.93. The van der Waals surface area contributed by atoms with Crippen LogP contribution in [0.15, 0.2) is 48.5 Å². The molecule has 0 saturated carbocycles. The van der Waals surface area contributed by atoms with Crippen LogP contribution in [0.4, 0.5) is 10.1 Å². The summed E-state index contributed by atoms with van der Waals surface area (Å²) in [7, 11) is 0. The maximum Gasteiger partial charge on any atom is 0.182 e. The first-order valence-electron chi connectivity index (χ1n) is 6.09. The predicted octanol–water partition coefficient (Wildman–Crippen LogP) is 2.11. The average Bonchev–Trinajstić information content (AvgIpc) is 2.89. The van der Waals surface area contributed by atoms with Gasteiger partial charge in [0.15, 0.2) is 5.82 Å². The highest BCUT2D eigenvalue weighted by Crippen LogP contribution is 2.18. The average molecular weight is 269 g/mol. The maximum absolute atomic E-state index is 13.3. The number of anilines is 1. The Balaban J connectivity index is 1.92. The number of nitrogen functional groups attached to an aromatic ring is 1. The molecule has 0 aliphatic heterocycles. The zero-order chi connectivity index (χ0) is 13.9. The van der Waals surface area contributed by atoms with Gasteiger partial charge < -0.3 is 5.73 Å². The zero-order valence-corrected chi connectivity index (χ0v) is 10.6. The van der Waals surface area contributed by atoms with Gasteiger partial charge in [0.25, 0.3) is 0 Å². The van der Waals surface area contributed by atoms with Gasteiger partial charge in [-0.25, -0.2) is 9.07 Å². The molecule has 1 aromatic heterocycles. The number of nitrogens with zero attached hydrogens (tertiary/aromatic N) is 4. The van der Waals surface area contributed by atoms with Crippen LogP contribution in [0.5, 0.6) is 0 Å². The van der Waals surface area contributed by atoms with E-state index >= 15 is 0 Å². The molecule has 0 amide bonds. The Morgan fingerprint density at radius 2 is 1.90 bits per heavy atom. The molecule has 6 heteroatoms. The Morgan fingerprint density at radius 1 is 1.10 bits per heavy atom. The molecule has 100 valence electrons. The summed E-state index contributed by atoms with van der Waals surface area (Å²) in [5, 5.41) is 11.6. The fourth-order valence-electron chi connectivity index (χ4n) is 1.94. The van der Waals surface area contributed by atoms with Crippen molar-refractivity contribution in [1.29, 1.82) is 0 Å². The summed E-state index contributed by atoms with van der Waals surface area (Å²) in [6.07, 6.45) is 0. The van der Waals surface area contributed by atoms with Gasteiger partial charge in [-0.15, -0.1) is 5.10 Å². The molecular formula is C14H12FN5. The van der Waals surface area contributed by atoms with Crippen LogP contribution in [0, 0.1) is 5.82 Å². The predicted molar refractivity (Wildman–Crippen MR) is 73.2 cm³/mol. The lowest BCUT2D eigenvalue weighted by atomic mass is 10.2. The zero-order valence-electron chi connectivity index (χ0n) is 10.6. The lowest BCUT2D eigenvalue weighted by molar-refractivity contribution is 0.626. The minimum atomic E-state index is -0.315. The fraction of sp³-hybridized carbons (Fsp3) is 0.0714. The lowest BCUT2D eigenvalue weighted by Crippen LogP contribution is -2.04. The van der Waals surface area contributed by atoms with Crippen molar-refractivity contribution in [3.63, 3.8) is 0 Å². The van der Waals surface area contributed by atoms with Crippen LogP contribution >= 0.6 is 0 Å². The van der Waals surface area contributed by atoms with E-state index in [9.17, 15) is 4.39 Å². The van der Waals surface area contributed by atoms with Gasteiger partial charge in [-0.05, 0) is 40.3 Å². The van der Waals surface area contributed by atoms with Crippen LogP contribution in [0.3, 0.4) is 0 Å². The van der Waals surface area contributed by atoms with E-state index in [1.54, 1.807) is 16.8 Å². The number of hydrogen-bond acceptors (Lipinski definition) is 4. The van der Waals surface area contributed by atoms with Crippen LogP contribution < -0.4 is 5.73 Å². The van der Waals surface area contributed by atoms with Crippen molar-refractivity contribution in [2.45, 2.75) is 6.54 Å². The van der Waals surface area contributed by atoms with Crippen molar-refractivity contribution in [2.75, 3.05) is 5.73 Å². The lowest BCUT2D eigenvalue weighted by Gasteiger charge is -2.05. The summed E-state index contributed by atoms with van der Waals surface area (Å²) in [6, 6.07) is 13.7. The maximum atomic E-state index is 13.3. The molecule has 1 heterocycles. The van der Waals surface area contributed by atoms with Crippen molar-refractivity contribution in [2.24, 2.45) is 0 Å². The summed E-state index contributed by atoms with van der Waals surface area (Å²) < 4.78 is 14.9. The van der Waals surface area contributed by atoms with Gasteiger partial charge in [0.2, 0.25) is 0 Å². The molecule has 0 atom stereocenters. The summed E-state index contributed by atoms with van der Waals surface area (Å²) in [5.74, 6) is 0.214. The number of rotatable bonds is 3. The standard InChI is InChI=1S/C14H12FN5/c15-12-3-1-2-11(8-12)14-17-18-19-20(14)9-10-4-6-13(16)7-5-10/h1-8H,9,16H2. The van der Waals surface area contributed by atoms with E-state index in [0.717, 1.165) is 5.56 Å². The third-order valence-corrected chi connectivity index (χ3v) is 2.93. The minimum Gasteiger partial charge on any atom is -0.399 e. The Bertz CT molecular complexity index is 720. The minimum absolute atomic E-state index is 0.315. The van der Waals surface area contributed by atoms with Gasteiger partial charge in [0.1, 0.15) is 5.82 Å². The Morgan fingerprint density at radius 3 is 2.65 bits per heavy atom. The van der Waals surface area contributed by atoms with Crippen molar-refractivity contribution in [1.82, 2.24) is 20.2 Å². The molecule has 0 unspecified atom stereocenters. The van der Waals surface area contributed by atoms with Gasteiger partial charge in [0, 0.05) is 11.3 Å². The molecule has 0 radical (unpaired) electrons. The smallest absolute Gasteiger partial charge is 0.182 e. The summed E-state index contributed by atoms with van der Waals surface area (Å²) >= 11 is 0. The van der Waals surface area contributed by atoms with Crippen molar-refractivity contribution < 1.29 is 4.39 Å². The van der Waals surface area contributed by atoms with Crippen LogP contribution in [0.2, 0.25) is 0 Å². The second-order valence-electron chi connectivity index (χ2n) is 4.41. The number of hydrogen-bond donors (Lipinski definition) is 1. The molecule has 0 aliphatic rings. The monoisotopic (exact) mass is 269 g/mol. The summed E-state index contributed by atoms with van der Waals surface area (Å²) in [5.41, 5.74) is 8.02. The summed E-state index contributed by atoms with van der Waals surface area (Å²) in [4.78, 5) is 0. The first-order valence-corrected chi connectivity index (χ1v) is 6.09. The molecule has 3 aromatic rings. The highest BCUT2D eigenvalue weighted by Gasteiger charge is 2.09. The first-order chi connectivity index (χ1) is 9.72. The second-order valence-corrected chi connectivity index (χ2v) is 4.41. The molecule has 0 bridgehead atoms. The molecular weight excluding hydrogens is 257 g/mol. The Kier molecular flexibility index (Phi) is 3.12. The number of halogens is 1. The van der Waals surface area contributed by atoms with Crippen molar-refractivity contribution in [3.8, 4) is 11.4 Å². The van der Waals surface area contributed by atoms with E-state index in [1.807, 2.05) is 24.3 Å². The van der Waals surface area contributed by atoms with Crippen LogP contribution in [0.1, 0.15) is 5.56 Å². The first kappa shape index (κ1) is 12.3. The van der Waals surface area contributed by atoms with Gasteiger partial charge in [-0.3, -0.25) is 0 Å². The molecule has 0 aliphatic carbocycles. The van der Waals surface area contributed by atoms with E-state index in [4.69, 9.17) is 5.73 Å². The van der Waals surface area contributed by atoms with E-state index in [-0.39, 0.29) is 5.82 Å². The van der Waals surface area contributed by atoms with E-state index in [1.165, 1.54) is 12.1 Å². The van der Waals surface area contributed by atoms with Gasteiger partial charge >= 0.3 is 0 Å². The number of benzene rings is 2. The molecule has 0 saturated heterocycles. The molecule has 20 heavy (non-hydrogen) atoms. The molecule has 2 aromatic carbocycles. The normalized spacial score (nSPS) is 10.7. The van der Waals surface area contributed by atoms with E-state index < -0.39 is 0 Å². The van der Waals surface area contributed by atoms with Crippen molar-refractivity contribution in [3.05, 3.63) is 59.9 Å². The molecule has 2 N–H and O–H groups in total. The number of aromatic nitrogens is 4. The molecule has 0 spiro atoms. The Labute approximate surface area is 114 Å². The SMILES string of the molecule is Nc1ccc(Cn2nnnc2-c2cccc(F)c2)cc1. The van der Waals surface area contributed by atoms with Crippen LogP contribution in [0.25, 0.3) is 11.4 Å². The van der Waals surface area contributed by atoms with E-state index in [2.05, 4.69) is 15.5 Å².